The van der Waals surface area contributed by atoms with Gasteiger partial charge in [0.25, 0.3) is 5.91 Å². The molecule has 0 radical (unpaired) electrons. The van der Waals surface area contributed by atoms with Gasteiger partial charge in [-0.2, -0.15) is 11.8 Å². The predicted molar refractivity (Wildman–Crippen MR) is 107 cm³/mol. The minimum Gasteiger partial charge on any atom is -0.481 e. The average Bonchev–Trinajstić information content (AvgIpc) is 2.59. The molecule has 1 amide bonds. The van der Waals surface area contributed by atoms with Gasteiger partial charge in [0, 0.05) is 23.1 Å². The number of ether oxygens (including phenoxy) is 1. The van der Waals surface area contributed by atoms with Crippen molar-refractivity contribution in [2.75, 3.05) is 12.3 Å². The molecule has 25 heavy (non-hydrogen) atoms. The van der Waals surface area contributed by atoms with Gasteiger partial charge in [-0.05, 0) is 37.1 Å². The van der Waals surface area contributed by atoms with E-state index in [4.69, 9.17) is 16.3 Å². The summed E-state index contributed by atoms with van der Waals surface area (Å²) in [6.45, 7) is 4.66. The van der Waals surface area contributed by atoms with E-state index in [1.807, 2.05) is 24.8 Å². The number of benzene rings is 2. The van der Waals surface area contributed by atoms with Gasteiger partial charge in [0.1, 0.15) is 5.75 Å². The second-order valence-corrected chi connectivity index (χ2v) is 7.35. The highest BCUT2D eigenvalue weighted by molar-refractivity contribution is 7.98. The molecule has 5 heteroatoms. The van der Waals surface area contributed by atoms with Gasteiger partial charge in [-0.1, -0.05) is 54.4 Å². The Bertz CT molecular complexity index is 693. The second-order valence-electron chi connectivity index (χ2n) is 5.80. The summed E-state index contributed by atoms with van der Waals surface area (Å²) < 4.78 is 5.74. The van der Waals surface area contributed by atoms with Gasteiger partial charge in [-0.3, -0.25) is 4.79 Å². The Labute approximate surface area is 159 Å². The Hall–Kier alpha value is -1.65. The average molecular weight is 378 g/mol. The topological polar surface area (TPSA) is 38.3 Å². The van der Waals surface area contributed by atoms with Crippen LogP contribution in [-0.4, -0.2) is 24.3 Å². The van der Waals surface area contributed by atoms with Crippen molar-refractivity contribution in [2.45, 2.75) is 32.1 Å². The molecular weight excluding hydrogens is 354 g/mol. The van der Waals surface area contributed by atoms with Crippen molar-refractivity contribution in [3.8, 4) is 5.75 Å². The van der Waals surface area contributed by atoms with Crippen LogP contribution in [0.1, 0.15) is 24.5 Å². The monoisotopic (exact) mass is 377 g/mol. The van der Waals surface area contributed by atoms with Crippen LogP contribution in [-0.2, 0) is 10.5 Å². The van der Waals surface area contributed by atoms with Crippen LogP contribution in [0.3, 0.4) is 0 Å². The highest BCUT2D eigenvalue weighted by Crippen LogP contribution is 2.19. The van der Waals surface area contributed by atoms with Gasteiger partial charge < -0.3 is 10.1 Å². The quantitative estimate of drug-likeness (QED) is 0.634. The standard InChI is InChI=1S/C20H24ClNO2S/c1-3-19(24-18-9-5-8-17(21)13-18)20(23)22-10-11-25-14-16-7-4-6-15(2)12-16/h4-9,12-13,19H,3,10-11,14H2,1-2H3,(H,22,23)/t19-/m0/s1. The molecule has 2 rings (SSSR count). The lowest BCUT2D eigenvalue weighted by molar-refractivity contribution is -0.127. The molecule has 2 aromatic rings. The van der Waals surface area contributed by atoms with E-state index in [9.17, 15) is 4.79 Å². The van der Waals surface area contributed by atoms with E-state index in [2.05, 4.69) is 36.5 Å². The second kappa shape index (κ2) is 10.4. The molecule has 3 nitrogen and oxygen atoms in total. The third-order valence-corrected chi connectivity index (χ3v) is 4.90. The third kappa shape index (κ3) is 7.00. The summed E-state index contributed by atoms with van der Waals surface area (Å²) in [7, 11) is 0. The molecule has 0 aliphatic heterocycles. The molecule has 0 aliphatic rings. The molecule has 0 unspecified atom stereocenters. The fourth-order valence-electron chi connectivity index (χ4n) is 2.38. The highest BCUT2D eigenvalue weighted by atomic mass is 35.5. The summed E-state index contributed by atoms with van der Waals surface area (Å²) in [6, 6.07) is 15.6. The summed E-state index contributed by atoms with van der Waals surface area (Å²) in [6.07, 6.45) is 0.106. The molecule has 0 saturated carbocycles. The lowest BCUT2D eigenvalue weighted by Crippen LogP contribution is -2.39. The van der Waals surface area contributed by atoms with Crippen LogP contribution in [0.25, 0.3) is 0 Å². The van der Waals surface area contributed by atoms with Gasteiger partial charge >= 0.3 is 0 Å². The number of amides is 1. The first-order valence-corrected chi connectivity index (χ1v) is 9.95. The molecule has 0 saturated heterocycles. The van der Waals surface area contributed by atoms with Gasteiger partial charge in [-0.25, -0.2) is 0 Å². The normalized spacial score (nSPS) is 11.8. The maximum Gasteiger partial charge on any atom is 0.261 e. The first-order chi connectivity index (χ1) is 12.1. The number of rotatable bonds is 9. The molecule has 1 N–H and O–H groups in total. The Kier molecular flexibility index (Phi) is 8.16. The molecule has 134 valence electrons. The smallest absolute Gasteiger partial charge is 0.261 e. The molecule has 0 spiro atoms. The van der Waals surface area contributed by atoms with Crippen molar-refractivity contribution in [1.82, 2.24) is 5.32 Å². The Morgan fingerprint density at radius 2 is 2.04 bits per heavy atom. The zero-order valence-electron chi connectivity index (χ0n) is 14.6. The molecular formula is C20H24ClNO2S. The van der Waals surface area contributed by atoms with E-state index in [1.54, 1.807) is 18.2 Å². The van der Waals surface area contributed by atoms with Crippen molar-refractivity contribution < 1.29 is 9.53 Å². The molecule has 0 aliphatic carbocycles. The summed E-state index contributed by atoms with van der Waals surface area (Å²) in [5.41, 5.74) is 2.59. The Morgan fingerprint density at radius 1 is 1.24 bits per heavy atom. The number of carbonyl (C=O) groups is 1. The van der Waals surface area contributed by atoms with Gasteiger partial charge in [-0.15, -0.1) is 0 Å². The van der Waals surface area contributed by atoms with Crippen molar-refractivity contribution in [2.24, 2.45) is 0 Å². The van der Waals surface area contributed by atoms with Crippen molar-refractivity contribution in [1.29, 1.82) is 0 Å². The van der Waals surface area contributed by atoms with Crippen LogP contribution in [0.2, 0.25) is 5.02 Å². The highest BCUT2D eigenvalue weighted by Gasteiger charge is 2.17. The maximum atomic E-state index is 12.3. The van der Waals surface area contributed by atoms with Crippen LogP contribution in [0.15, 0.2) is 48.5 Å². The lowest BCUT2D eigenvalue weighted by atomic mass is 10.2. The van der Waals surface area contributed by atoms with E-state index in [0.717, 1.165) is 11.5 Å². The van der Waals surface area contributed by atoms with Crippen LogP contribution >= 0.6 is 23.4 Å². The van der Waals surface area contributed by atoms with E-state index in [0.29, 0.717) is 23.7 Å². The zero-order valence-corrected chi connectivity index (χ0v) is 16.2. The van der Waals surface area contributed by atoms with Crippen molar-refractivity contribution in [3.63, 3.8) is 0 Å². The molecule has 0 fully saturated rings. The van der Waals surface area contributed by atoms with E-state index >= 15 is 0 Å². The number of aryl methyl sites for hydroxylation is 1. The number of hydrogen-bond donors (Lipinski definition) is 1. The maximum absolute atomic E-state index is 12.3. The molecule has 0 heterocycles. The molecule has 0 aromatic heterocycles. The van der Waals surface area contributed by atoms with Crippen LogP contribution < -0.4 is 10.1 Å². The number of nitrogens with one attached hydrogen (secondary N) is 1. The number of thioether (sulfide) groups is 1. The SMILES string of the molecule is CC[C@H](Oc1cccc(Cl)c1)C(=O)NCCSCc1cccc(C)c1. The fourth-order valence-corrected chi connectivity index (χ4v) is 3.37. The minimum atomic E-state index is -0.500. The van der Waals surface area contributed by atoms with Crippen molar-refractivity contribution >= 4 is 29.3 Å². The predicted octanol–water partition coefficient (Wildman–Crippen LogP) is 4.86. The van der Waals surface area contributed by atoms with Gasteiger partial charge in [0.05, 0.1) is 0 Å². The largest absolute Gasteiger partial charge is 0.481 e. The summed E-state index contributed by atoms with van der Waals surface area (Å²) in [5, 5.41) is 3.55. The Morgan fingerprint density at radius 3 is 2.76 bits per heavy atom. The Balaban J connectivity index is 1.71. The lowest BCUT2D eigenvalue weighted by Gasteiger charge is -2.17. The zero-order chi connectivity index (χ0) is 18.1. The van der Waals surface area contributed by atoms with E-state index in [1.165, 1.54) is 11.1 Å². The summed E-state index contributed by atoms with van der Waals surface area (Å²) in [4.78, 5) is 12.3. The number of hydrogen-bond acceptors (Lipinski definition) is 3. The van der Waals surface area contributed by atoms with E-state index in [-0.39, 0.29) is 5.91 Å². The van der Waals surface area contributed by atoms with Crippen LogP contribution in [0.5, 0.6) is 5.75 Å². The molecule has 2 aromatic carbocycles. The first kappa shape index (κ1) is 19.7. The fraction of sp³-hybridized carbons (Fsp3) is 0.350. The van der Waals surface area contributed by atoms with E-state index < -0.39 is 6.10 Å². The van der Waals surface area contributed by atoms with Crippen LogP contribution in [0.4, 0.5) is 0 Å². The van der Waals surface area contributed by atoms with Crippen molar-refractivity contribution in [3.05, 3.63) is 64.7 Å². The number of carbonyl (C=O) groups excluding carboxylic acids is 1. The van der Waals surface area contributed by atoms with Gasteiger partial charge in [0.15, 0.2) is 6.10 Å². The minimum absolute atomic E-state index is 0.0846. The van der Waals surface area contributed by atoms with Crippen LogP contribution in [0, 0.1) is 6.92 Å². The molecule has 0 bridgehead atoms. The van der Waals surface area contributed by atoms with Gasteiger partial charge in [0.2, 0.25) is 0 Å². The first-order valence-electron chi connectivity index (χ1n) is 8.41. The summed E-state index contributed by atoms with van der Waals surface area (Å²) >= 11 is 7.76. The summed E-state index contributed by atoms with van der Waals surface area (Å²) in [5.74, 6) is 2.35. The third-order valence-electron chi connectivity index (χ3n) is 3.63. The molecule has 1 atom stereocenters. The number of halogens is 1.